The van der Waals surface area contributed by atoms with Crippen molar-refractivity contribution in [3.8, 4) is 11.4 Å². The number of anilines is 2. The molecular weight excluding hydrogens is 452 g/mol. The first kappa shape index (κ1) is 23.3. The molecule has 0 spiro atoms. The van der Waals surface area contributed by atoms with E-state index in [9.17, 15) is 13.2 Å². The lowest BCUT2D eigenvalue weighted by Gasteiger charge is -2.13. The molecule has 0 unspecified atom stereocenters. The fraction of sp³-hybridized carbons (Fsp3) is 0.200. The third-order valence-corrected chi connectivity index (χ3v) is 6.64. The van der Waals surface area contributed by atoms with Gasteiger partial charge in [-0.3, -0.25) is 14.1 Å². The van der Waals surface area contributed by atoms with Gasteiger partial charge in [-0.25, -0.2) is 13.4 Å². The summed E-state index contributed by atoms with van der Waals surface area (Å²) in [6, 6.07) is 22.6. The highest BCUT2D eigenvalue weighted by Crippen LogP contribution is 2.29. The van der Waals surface area contributed by atoms with E-state index in [4.69, 9.17) is 9.72 Å². The predicted molar refractivity (Wildman–Crippen MR) is 134 cm³/mol. The quantitative estimate of drug-likeness (QED) is 0.372. The first-order chi connectivity index (χ1) is 16.4. The van der Waals surface area contributed by atoms with Crippen LogP contribution in [0.3, 0.4) is 0 Å². The van der Waals surface area contributed by atoms with Gasteiger partial charge in [0, 0.05) is 30.3 Å². The molecule has 9 heteroatoms. The molecule has 0 aliphatic rings. The Bertz CT molecular complexity index is 1420. The van der Waals surface area contributed by atoms with Gasteiger partial charge in [-0.1, -0.05) is 30.3 Å². The number of carbonyl (C=O) groups excluding carboxylic acids is 1. The molecule has 34 heavy (non-hydrogen) atoms. The summed E-state index contributed by atoms with van der Waals surface area (Å²) in [6.07, 6.45) is 0.670. The van der Waals surface area contributed by atoms with Crippen molar-refractivity contribution in [1.82, 2.24) is 9.55 Å². The van der Waals surface area contributed by atoms with Crippen LogP contribution in [0.25, 0.3) is 16.7 Å². The van der Waals surface area contributed by atoms with Gasteiger partial charge >= 0.3 is 0 Å². The Hall–Kier alpha value is -3.85. The van der Waals surface area contributed by atoms with Gasteiger partial charge < -0.3 is 10.1 Å². The van der Waals surface area contributed by atoms with E-state index in [0.29, 0.717) is 23.5 Å². The van der Waals surface area contributed by atoms with Gasteiger partial charge in [-0.2, -0.15) is 0 Å². The van der Waals surface area contributed by atoms with Gasteiger partial charge in [0.2, 0.25) is 15.9 Å². The zero-order valence-electron chi connectivity index (χ0n) is 19.0. The average molecular weight is 479 g/mol. The standard InChI is InChI=1S/C25H26N4O4S/c1-3-34(31,32)28-21-14-13-18(17-23(21)33-2)26-25(30)16-15-24-27-20-11-7-8-12-22(20)29(24)19-9-5-4-6-10-19/h4-14,17,28H,3,15-16H2,1-2H3,(H,26,30). The zero-order chi connectivity index (χ0) is 24.1. The number of imidazole rings is 1. The fourth-order valence-electron chi connectivity index (χ4n) is 3.65. The summed E-state index contributed by atoms with van der Waals surface area (Å²) in [6.45, 7) is 1.55. The summed E-state index contributed by atoms with van der Waals surface area (Å²) >= 11 is 0. The van der Waals surface area contributed by atoms with E-state index in [2.05, 4.69) is 14.6 Å². The number of amides is 1. The van der Waals surface area contributed by atoms with Gasteiger partial charge in [0.1, 0.15) is 11.6 Å². The van der Waals surface area contributed by atoms with Crippen molar-refractivity contribution < 1.29 is 17.9 Å². The van der Waals surface area contributed by atoms with Gasteiger partial charge in [-0.15, -0.1) is 0 Å². The Balaban J connectivity index is 1.50. The van der Waals surface area contributed by atoms with Crippen LogP contribution in [0.1, 0.15) is 19.2 Å². The number of benzene rings is 3. The second-order valence-corrected chi connectivity index (χ2v) is 9.67. The van der Waals surface area contributed by atoms with Gasteiger partial charge in [0.25, 0.3) is 0 Å². The van der Waals surface area contributed by atoms with Crippen LogP contribution in [0.5, 0.6) is 5.75 Å². The fourth-order valence-corrected chi connectivity index (χ4v) is 4.30. The van der Waals surface area contributed by atoms with Crippen LogP contribution < -0.4 is 14.8 Å². The van der Waals surface area contributed by atoms with Crippen molar-refractivity contribution in [2.45, 2.75) is 19.8 Å². The number of aryl methyl sites for hydroxylation is 1. The number of sulfonamides is 1. The van der Waals surface area contributed by atoms with Crippen molar-refractivity contribution in [2.75, 3.05) is 22.9 Å². The highest BCUT2D eigenvalue weighted by molar-refractivity contribution is 7.92. The molecule has 1 aromatic heterocycles. The number of aromatic nitrogens is 2. The molecule has 0 radical (unpaired) electrons. The average Bonchev–Trinajstić information content (AvgIpc) is 3.22. The molecule has 1 amide bonds. The Morgan fingerprint density at radius 2 is 1.76 bits per heavy atom. The number of rotatable bonds is 9. The first-order valence-electron chi connectivity index (χ1n) is 10.9. The molecule has 2 N–H and O–H groups in total. The Labute approximate surface area is 198 Å². The molecule has 0 aliphatic carbocycles. The minimum Gasteiger partial charge on any atom is -0.494 e. The van der Waals surface area contributed by atoms with Gasteiger partial charge in [0.15, 0.2) is 0 Å². The van der Waals surface area contributed by atoms with E-state index in [1.165, 1.54) is 7.11 Å². The van der Waals surface area contributed by atoms with E-state index in [1.807, 2.05) is 54.6 Å². The minimum absolute atomic E-state index is 0.0532. The smallest absolute Gasteiger partial charge is 0.232 e. The van der Waals surface area contributed by atoms with Gasteiger partial charge in [0.05, 0.1) is 29.6 Å². The highest BCUT2D eigenvalue weighted by atomic mass is 32.2. The van der Waals surface area contributed by atoms with E-state index in [-0.39, 0.29) is 18.1 Å². The van der Waals surface area contributed by atoms with Crippen LogP contribution in [-0.4, -0.2) is 36.7 Å². The van der Waals surface area contributed by atoms with Crippen LogP contribution in [-0.2, 0) is 21.2 Å². The maximum atomic E-state index is 12.7. The van der Waals surface area contributed by atoms with Crippen LogP contribution in [0.15, 0.2) is 72.8 Å². The number of carbonyl (C=O) groups is 1. The predicted octanol–water partition coefficient (Wildman–Crippen LogP) is 4.37. The summed E-state index contributed by atoms with van der Waals surface area (Å²) < 4.78 is 33.6. The molecule has 4 rings (SSSR count). The lowest BCUT2D eigenvalue weighted by molar-refractivity contribution is -0.116. The Morgan fingerprint density at radius 1 is 1.03 bits per heavy atom. The molecule has 0 fully saturated rings. The number of nitrogens with zero attached hydrogens (tertiary/aromatic N) is 2. The maximum absolute atomic E-state index is 12.7. The molecule has 0 saturated carbocycles. The molecule has 4 aromatic rings. The van der Waals surface area contributed by atoms with E-state index >= 15 is 0 Å². The number of nitrogens with one attached hydrogen (secondary N) is 2. The molecule has 1 heterocycles. The van der Waals surface area contributed by atoms with Gasteiger partial charge in [-0.05, 0) is 43.3 Å². The van der Waals surface area contributed by atoms with Crippen molar-refractivity contribution in [3.63, 3.8) is 0 Å². The zero-order valence-corrected chi connectivity index (χ0v) is 19.8. The number of hydrogen-bond donors (Lipinski definition) is 2. The van der Waals surface area contributed by atoms with Crippen molar-refractivity contribution in [3.05, 3.63) is 78.6 Å². The number of methoxy groups -OCH3 is 1. The maximum Gasteiger partial charge on any atom is 0.232 e. The number of para-hydroxylation sites is 3. The van der Waals surface area contributed by atoms with Crippen LogP contribution in [0.2, 0.25) is 0 Å². The molecule has 176 valence electrons. The van der Waals surface area contributed by atoms with E-state index in [1.54, 1.807) is 25.1 Å². The summed E-state index contributed by atoms with van der Waals surface area (Å²) in [7, 11) is -2.00. The second kappa shape index (κ2) is 9.96. The number of ether oxygens (including phenoxy) is 1. The van der Waals surface area contributed by atoms with E-state index in [0.717, 1.165) is 22.5 Å². The molecule has 0 atom stereocenters. The van der Waals surface area contributed by atoms with Crippen LogP contribution in [0, 0.1) is 0 Å². The molecule has 0 aliphatic heterocycles. The van der Waals surface area contributed by atoms with Crippen molar-refractivity contribution in [2.24, 2.45) is 0 Å². The highest BCUT2D eigenvalue weighted by Gasteiger charge is 2.15. The van der Waals surface area contributed by atoms with E-state index < -0.39 is 10.0 Å². The summed E-state index contributed by atoms with van der Waals surface area (Å²) in [4.78, 5) is 17.5. The van der Waals surface area contributed by atoms with Crippen molar-refractivity contribution >= 4 is 38.3 Å². The molecule has 0 bridgehead atoms. The summed E-state index contributed by atoms with van der Waals surface area (Å²) in [5, 5.41) is 2.85. The molecular formula is C25H26N4O4S. The number of fused-ring (bicyclic) bond motifs is 1. The van der Waals surface area contributed by atoms with Crippen LogP contribution in [0.4, 0.5) is 11.4 Å². The molecule has 3 aromatic carbocycles. The first-order valence-corrected chi connectivity index (χ1v) is 12.6. The molecule has 8 nitrogen and oxygen atoms in total. The SMILES string of the molecule is CCS(=O)(=O)Nc1ccc(NC(=O)CCc2nc3ccccc3n2-c2ccccc2)cc1OC. The largest absolute Gasteiger partial charge is 0.494 e. The Kier molecular flexibility index (Phi) is 6.83. The topological polar surface area (TPSA) is 102 Å². The normalized spacial score (nSPS) is 11.4. The Morgan fingerprint density at radius 3 is 2.50 bits per heavy atom. The molecule has 0 saturated heterocycles. The van der Waals surface area contributed by atoms with Crippen molar-refractivity contribution in [1.29, 1.82) is 0 Å². The summed E-state index contributed by atoms with van der Waals surface area (Å²) in [5.41, 5.74) is 3.67. The lowest BCUT2D eigenvalue weighted by Crippen LogP contribution is -2.16. The minimum atomic E-state index is -3.45. The monoisotopic (exact) mass is 478 g/mol. The van der Waals surface area contributed by atoms with Crippen LogP contribution >= 0.6 is 0 Å². The third kappa shape index (κ3) is 5.20. The lowest BCUT2D eigenvalue weighted by atomic mass is 10.2. The number of hydrogen-bond acceptors (Lipinski definition) is 5. The summed E-state index contributed by atoms with van der Waals surface area (Å²) in [5.74, 6) is 0.878. The third-order valence-electron chi connectivity index (χ3n) is 5.35. The second-order valence-electron chi connectivity index (χ2n) is 7.66.